The fourth-order valence-corrected chi connectivity index (χ4v) is 4.16. The Bertz CT molecular complexity index is 1520. The van der Waals surface area contributed by atoms with Crippen LogP contribution in [-0.2, 0) is 14.4 Å². The maximum atomic E-state index is 13.2. The number of amides is 5. The van der Waals surface area contributed by atoms with E-state index < -0.39 is 17.8 Å². The van der Waals surface area contributed by atoms with E-state index in [1.165, 1.54) is 24.3 Å². The van der Waals surface area contributed by atoms with Crippen molar-refractivity contribution in [3.8, 4) is 5.75 Å². The van der Waals surface area contributed by atoms with Gasteiger partial charge in [0.05, 0.1) is 10.7 Å². The van der Waals surface area contributed by atoms with Crippen LogP contribution in [0.2, 0.25) is 10.0 Å². The molecule has 3 aromatic carbocycles. The third-order valence-electron chi connectivity index (χ3n) is 5.93. The number of nitrogens with one attached hydrogen (secondary N) is 2. The van der Waals surface area contributed by atoms with Gasteiger partial charge in [-0.25, -0.2) is 9.69 Å². The molecule has 0 aliphatic carbocycles. The quantitative estimate of drug-likeness (QED) is 0.306. The molecule has 5 amide bonds. The predicted molar refractivity (Wildman–Crippen MR) is 147 cm³/mol. The molecule has 8 nitrogen and oxygen atoms in total. The molecule has 0 spiro atoms. The summed E-state index contributed by atoms with van der Waals surface area (Å²) in [6.07, 6.45) is 1.32. The maximum Gasteiger partial charge on any atom is 0.335 e. The van der Waals surface area contributed by atoms with Crippen molar-refractivity contribution in [3.63, 3.8) is 0 Å². The molecule has 0 radical (unpaired) electrons. The second kappa shape index (κ2) is 11.1. The van der Waals surface area contributed by atoms with Crippen LogP contribution in [0.4, 0.5) is 16.2 Å². The lowest BCUT2D eigenvalue weighted by molar-refractivity contribution is -0.122. The van der Waals surface area contributed by atoms with Gasteiger partial charge in [0.25, 0.3) is 17.7 Å². The molecule has 0 bridgehead atoms. The average Bonchev–Trinajstić information content (AvgIpc) is 2.85. The lowest BCUT2D eigenvalue weighted by Crippen LogP contribution is -2.54. The number of imide groups is 2. The molecule has 0 atom stereocenters. The van der Waals surface area contributed by atoms with E-state index >= 15 is 0 Å². The molecule has 194 valence electrons. The minimum Gasteiger partial charge on any atom is -0.482 e. The molecular weight excluding hydrogens is 529 g/mol. The highest BCUT2D eigenvalue weighted by Crippen LogP contribution is 2.30. The molecule has 0 aromatic heterocycles. The minimum absolute atomic E-state index is 0.167. The summed E-state index contributed by atoms with van der Waals surface area (Å²) in [4.78, 5) is 51.3. The number of barbiturate groups is 1. The molecule has 3 aromatic rings. The van der Waals surface area contributed by atoms with Crippen molar-refractivity contribution in [2.24, 2.45) is 0 Å². The molecule has 1 heterocycles. The predicted octanol–water partition coefficient (Wildman–Crippen LogP) is 5.60. The number of aryl methyl sites for hydroxylation is 3. The maximum absolute atomic E-state index is 13.2. The summed E-state index contributed by atoms with van der Waals surface area (Å²) in [5, 5.41) is 5.44. The Labute approximate surface area is 229 Å². The van der Waals surface area contributed by atoms with Crippen LogP contribution in [0.1, 0.15) is 22.3 Å². The second-order valence-electron chi connectivity index (χ2n) is 8.71. The lowest BCUT2D eigenvalue weighted by Gasteiger charge is -2.27. The standard InChI is InChI=1S/C28H23Cl2N3O5/c1-15-5-8-20(10-17(15)3)31-25(34)14-38-24-9-6-18(12-22(24)30)11-21-26(35)32-28(37)33(27(21)36)23-13-19(29)7-4-16(23)2/h4-13H,14H2,1-3H3,(H,31,34)(H,32,35,37)/b21-11+. The van der Waals surface area contributed by atoms with Gasteiger partial charge in [0.1, 0.15) is 11.3 Å². The molecule has 10 heteroatoms. The first-order valence-corrected chi connectivity index (χ1v) is 12.3. The highest BCUT2D eigenvalue weighted by molar-refractivity contribution is 6.40. The van der Waals surface area contributed by atoms with Crippen molar-refractivity contribution in [1.29, 1.82) is 0 Å². The average molecular weight is 552 g/mol. The van der Waals surface area contributed by atoms with E-state index in [1.807, 2.05) is 26.0 Å². The van der Waals surface area contributed by atoms with Crippen molar-refractivity contribution in [2.75, 3.05) is 16.8 Å². The Morgan fingerprint density at radius 2 is 1.68 bits per heavy atom. The van der Waals surface area contributed by atoms with Gasteiger partial charge >= 0.3 is 6.03 Å². The highest BCUT2D eigenvalue weighted by atomic mass is 35.5. The Balaban J connectivity index is 1.49. The van der Waals surface area contributed by atoms with Crippen LogP contribution >= 0.6 is 23.2 Å². The Hall–Kier alpha value is -4.14. The van der Waals surface area contributed by atoms with Crippen molar-refractivity contribution in [1.82, 2.24) is 5.32 Å². The zero-order valence-corrected chi connectivity index (χ0v) is 22.2. The van der Waals surface area contributed by atoms with Gasteiger partial charge in [0.2, 0.25) is 0 Å². The van der Waals surface area contributed by atoms with Crippen LogP contribution in [0.5, 0.6) is 5.75 Å². The molecule has 1 aliphatic rings. The van der Waals surface area contributed by atoms with E-state index in [4.69, 9.17) is 27.9 Å². The van der Waals surface area contributed by atoms with E-state index in [9.17, 15) is 19.2 Å². The van der Waals surface area contributed by atoms with Gasteiger partial charge in [-0.15, -0.1) is 0 Å². The van der Waals surface area contributed by atoms with E-state index in [-0.39, 0.29) is 34.5 Å². The molecule has 1 fully saturated rings. The fraction of sp³-hybridized carbons (Fsp3) is 0.143. The molecular formula is C28H23Cl2N3O5. The molecule has 4 rings (SSSR count). The molecule has 38 heavy (non-hydrogen) atoms. The summed E-state index contributed by atoms with van der Waals surface area (Å²) in [5.74, 6) is -1.75. The first-order chi connectivity index (χ1) is 18.0. The second-order valence-corrected chi connectivity index (χ2v) is 9.56. The normalized spacial score (nSPS) is 14.5. The number of anilines is 2. The van der Waals surface area contributed by atoms with Crippen LogP contribution in [0.3, 0.4) is 0 Å². The smallest absolute Gasteiger partial charge is 0.335 e. The Morgan fingerprint density at radius 1 is 0.947 bits per heavy atom. The number of carbonyl (C=O) groups is 4. The monoisotopic (exact) mass is 551 g/mol. The zero-order valence-electron chi connectivity index (χ0n) is 20.7. The summed E-state index contributed by atoms with van der Waals surface area (Å²) >= 11 is 12.4. The van der Waals surface area contributed by atoms with Gasteiger partial charge in [-0.2, -0.15) is 0 Å². The molecule has 0 saturated carbocycles. The topological polar surface area (TPSA) is 105 Å². The van der Waals surface area contributed by atoms with Crippen LogP contribution < -0.4 is 20.3 Å². The number of hydrogen-bond donors (Lipinski definition) is 2. The molecule has 1 aliphatic heterocycles. The van der Waals surface area contributed by atoms with Gasteiger partial charge in [0, 0.05) is 10.7 Å². The van der Waals surface area contributed by atoms with E-state index in [0.29, 0.717) is 21.8 Å². The Morgan fingerprint density at radius 3 is 2.39 bits per heavy atom. The number of ether oxygens (including phenoxy) is 1. The first-order valence-electron chi connectivity index (χ1n) is 11.5. The van der Waals surface area contributed by atoms with Crippen molar-refractivity contribution in [3.05, 3.63) is 92.5 Å². The summed E-state index contributed by atoms with van der Waals surface area (Å²) in [5.41, 5.74) is 3.87. The van der Waals surface area contributed by atoms with Gasteiger partial charge < -0.3 is 10.1 Å². The number of halogens is 2. The highest BCUT2D eigenvalue weighted by Gasteiger charge is 2.37. The number of rotatable bonds is 6. The van der Waals surface area contributed by atoms with E-state index in [2.05, 4.69) is 10.6 Å². The van der Waals surface area contributed by atoms with Crippen molar-refractivity contribution >= 4 is 64.4 Å². The number of hydrogen-bond acceptors (Lipinski definition) is 5. The fourth-order valence-electron chi connectivity index (χ4n) is 3.75. The van der Waals surface area contributed by atoms with Crippen molar-refractivity contribution in [2.45, 2.75) is 20.8 Å². The first kappa shape index (κ1) is 26.9. The van der Waals surface area contributed by atoms with Gasteiger partial charge in [-0.1, -0.05) is 41.4 Å². The number of nitrogens with zero attached hydrogens (tertiary/aromatic N) is 1. The van der Waals surface area contributed by atoms with Crippen LogP contribution in [-0.4, -0.2) is 30.4 Å². The van der Waals surface area contributed by atoms with Gasteiger partial charge in [-0.05, 0) is 85.5 Å². The van der Waals surface area contributed by atoms with E-state index in [0.717, 1.165) is 16.0 Å². The summed E-state index contributed by atoms with van der Waals surface area (Å²) in [7, 11) is 0. The summed E-state index contributed by atoms with van der Waals surface area (Å²) in [6, 6.07) is 14.1. The zero-order chi connectivity index (χ0) is 27.6. The number of urea groups is 1. The van der Waals surface area contributed by atoms with Gasteiger partial charge in [-0.3, -0.25) is 19.7 Å². The molecule has 1 saturated heterocycles. The Kier molecular flexibility index (Phi) is 7.85. The molecule has 2 N–H and O–H groups in total. The largest absolute Gasteiger partial charge is 0.482 e. The lowest BCUT2D eigenvalue weighted by atomic mass is 10.1. The SMILES string of the molecule is Cc1ccc(NC(=O)COc2ccc(/C=C3\C(=O)NC(=O)N(c4cc(Cl)ccc4C)C3=O)cc2Cl)cc1C. The molecule has 0 unspecified atom stereocenters. The number of benzene rings is 3. The van der Waals surface area contributed by atoms with E-state index in [1.54, 1.807) is 31.2 Å². The summed E-state index contributed by atoms with van der Waals surface area (Å²) < 4.78 is 5.55. The third kappa shape index (κ3) is 5.88. The van der Waals surface area contributed by atoms with Crippen LogP contribution in [0.15, 0.2) is 60.2 Å². The number of carbonyl (C=O) groups excluding carboxylic acids is 4. The van der Waals surface area contributed by atoms with Crippen molar-refractivity contribution < 1.29 is 23.9 Å². The summed E-state index contributed by atoms with van der Waals surface area (Å²) in [6.45, 7) is 5.38. The minimum atomic E-state index is -0.872. The van der Waals surface area contributed by atoms with Crippen LogP contribution in [0.25, 0.3) is 6.08 Å². The third-order valence-corrected chi connectivity index (χ3v) is 6.46. The van der Waals surface area contributed by atoms with Gasteiger partial charge in [0.15, 0.2) is 6.61 Å². The van der Waals surface area contributed by atoms with Crippen LogP contribution in [0, 0.1) is 20.8 Å².